The van der Waals surface area contributed by atoms with E-state index >= 15 is 0 Å². The highest BCUT2D eigenvalue weighted by Gasteiger charge is 2.13. The first-order valence-corrected chi connectivity index (χ1v) is 5.72. The highest BCUT2D eigenvalue weighted by molar-refractivity contribution is 5.93. The van der Waals surface area contributed by atoms with Crippen molar-refractivity contribution in [1.82, 2.24) is 4.98 Å². The van der Waals surface area contributed by atoms with Crippen LogP contribution in [0.1, 0.15) is 16.1 Å². The van der Waals surface area contributed by atoms with E-state index in [2.05, 4.69) is 9.72 Å². The molecule has 0 radical (unpaired) electrons. The molecule has 1 aromatic heterocycles. The summed E-state index contributed by atoms with van der Waals surface area (Å²) in [5.41, 5.74) is 1.86. The summed E-state index contributed by atoms with van der Waals surface area (Å²) in [4.78, 5) is 15.8. The first-order valence-electron chi connectivity index (χ1n) is 5.72. The summed E-state index contributed by atoms with van der Waals surface area (Å²) >= 11 is 0. The number of rotatable bonds is 3. The first-order chi connectivity index (χ1) is 9.10. The van der Waals surface area contributed by atoms with Crippen LogP contribution in [0.3, 0.4) is 0 Å². The van der Waals surface area contributed by atoms with Gasteiger partial charge in [0, 0.05) is 11.5 Å². The molecule has 1 aromatic carbocycles. The molecule has 5 nitrogen and oxygen atoms in total. The van der Waals surface area contributed by atoms with Crippen molar-refractivity contribution in [2.24, 2.45) is 0 Å². The molecule has 100 valence electrons. The second-order valence-electron chi connectivity index (χ2n) is 4.04. The molecule has 0 aliphatic heterocycles. The van der Waals surface area contributed by atoms with Crippen molar-refractivity contribution in [2.45, 2.75) is 6.92 Å². The summed E-state index contributed by atoms with van der Waals surface area (Å²) in [6.45, 7) is 1.91. The lowest BCUT2D eigenvalue weighted by molar-refractivity contribution is 0.0594. The fourth-order valence-corrected chi connectivity index (χ4v) is 1.93. The van der Waals surface area contributed by atoms with Crippen molar-refractivity contribution in [3.8, 4) is 11.5 Å². The summed E-state index contributed by atoms with van der Waals surface area (Å²) in [5.74, 6) is 0.745. The van der Waals surface area contributed by atoms with Crippen LogP contribution in [0, 0.1) is 6.92 Å². The number of carbonyl (C=O) groups is 1. The summed E-state index contributed by atoms with van der Waals surface area (Å²) in [6, 6.07) is 5.28. The van der Waals surface area contributed by atoms with Crippen LogP contribution in [0.4, 0.5) is 0 Å². The topological polar surface area (TPSA) is 57.7 Å². The van der Waals surface area contributed by atoms with Crippen molar-refractivity contribution >= 4 is 16.9 Å². The molecule has 5 heteroatoms. The lowest BCUT2D eigenvalue weighted by Gasteiger charge is -2.11. The van der Waals surface area contributed by atoms with Crippen LogP contribution in [-0.4, -0.2) is 32.3 Å². The number of aryl methyl sites for hydroxylation is 1. The van der Waals surface area contributed by atoms with E-state index in [1.807, 2.05) is 13.0 Å². The van der Waals surface area contributed by atoms with E-state index < -0.39 is 5.97 Å². The molecule has 0 saturated carbocycles. The van der Waals surface area contributed by atoms with Gasteiger partial charge in [0.2, 0.25) is 0 Å². The molecule has 0 bridgehead atoms. The molecule has 0 atom stereocenters. The zero-order valence-corrected chi connectivity index (χ0v) is 11.3. The smallest absolute Gasteiger partial charge is 0.356 e. The Hall–Kier alpha value is -2.30. The molecule has 2 aromatic rings. The van der Waals surface area contributed by atoms with Gasteiger partial charge in [-0.2, -0.15) is 0 Å². The molecule has 0 N–H and O–H groups in total. The number of hydrogen-bond acceptors (Lipinski definition) is 5. The SMILES string of the molecule is COC(=O)c1cc(C)c2cc(OC)c(OC)cc2n1. The molecule has 1 heterocycles. The van der Waals surface area contributed by atoms with Gasteiger partial charge in [-0.25, -0.2) is 9.78 Å². The van der Waals surface area contributed by atoms with Gasteiger partial charge in [-0.3, -0.25) is 0 Å². The minimum atomic E-state index is -0.459. The Kier molecular flexibility index (Phi) is 3.55. The van der Waals surface area contributed by atoms with Gasteiger partial charge in [-0.1, -0.05) is 0 Å². The molecule has 19 heavy (non-hydrogen) atoms. The third-order valence-corrected chi connectivity index (χ3v) is 2.92. The molecule has 0 saturated heterocycles. The molecular formula is C14H15NO4. The number of benzene rings is 1. The van der Waals surface area contributed by atoms with E-state index in [-0.39, 0.29) is 5.69 Å². The average Bonchev–Trinajstić information content (AvgIpc) is 2.44. The number of nitrogens with zero attached hydrogens (tertiary/aromatic N) is 1. The predicted octanol–water partition coefficient (Wildman–Crippen LogP) is 2.35. The lowest BCUT2D eigenvalue weighted by atomic mass is 10.1. The number of aromatic nitrogens is 1. The Bertz CT molecular complexity index is 637. The van der Waals surface area contributed by atoms with E-state index in [4.69, 9.17) is 9.47 Å². The van der Waals surface area contributed by atoms with Crippen LogP contribution in [0.5, 0.6) is 11.5 Å². The van der Waals surface area contributed by atoms with Crippen molar-refractivity contribution in [2.75, 3.05) is 21.3 Å². The zero-order valence-electron chi connectivity index (χ0n) is 11.3. The number of hydrogen-bond donors (Lipinski definition) is 0. The molecule has 0 aliphatic carbocycles. The maximum Gasteiger partial charge on any atom is 0.356 e. The number of esters is 1. The van der Waals surface area contributed by atoms with Gasteiger partial charge in [-0.05, 0) is 24.6 Å². The maximum absolute atomic E-state index is 11.5. The normalized spacial score (nSPS) is 10.3. The van der Waals surface area contributed by atoms with Gasteiger partial charge in [0.15, 0.2) is 11.5 Å². The second kappa shape index (κ2) is 5.14. The molecule has 0 unspecified atom stereocenters. The number of fused-ring (bicyclic) bond motifs is 1. The third-order valence-electron chi connectivity index (χ3n) is 2.92. The summed E-state index contributed by atoms with van der Waals surface area (Å²) < 4.78 is 15.2. The van der Waals surface area contributed by atoms with Gasteiger partial charge in [0.25, 0.3) is 0 Å². The van der Waals surface area contributed by atoms with Crippen LogP contribution < -0.4 is 9.47 Å². The van der Waals surface area contributed by atoms with Gasteiger partial charge in [0.05, 0.1) is 26.8 Å². The van der Waals surface area contributed by atoms with Crippen molar-refractivity contribution in [3.05, 3.63) is 29.5 Å². The van der Waals surface area contributed by atoms with Crippen LogP contribution in [0.15, 0.2) is 18.2 Å². The van der Waals surface area contributed by atoms with Gasteiger partial charge in [0.1, 0.15) is 5.69 Å². The first kappa shape index (κ1) is 13.1. The molecule has 2 rings (SSSR count). The van der Waals surface area contributed by atoms with E-state index in [0.717, 1.165) is 10.9 Å². The molecule has 0 amide bonds. The van der Waals surface area contributed by atoms with Gasteiger partial charge in [-0.15, -0.1) is 0 Å². The molecule has 0 aliphatic rings. The van der Waals surface area contributed by atoms with Crippen LogP contribution in [-0.2, 0) is 4.74 Å². The van der Waals surface area contributed by atoms with Crippen LogP contribution in [0.25, 0.3) is 10.9 Å². The van der Waals surface area contributed by atoms with Crippen molar-refractivity contribution < 1.29 is 19.0 Å². The Morgan fingerprint density at radius 3 is 2.26 bits per heavy atom. The number of pyridine rings is 1. The summed E-state index contributed by atoms with van der Waals surface area (Å²) in [6.07, 6.45) is 0. The number of ether oxygens (including phenoxy) is 3. The summed E-state index contributed by atoms with van der Waals surface area (Å²) in [7, 11) is 4.47. The highest BCUT2D eigenvalue weighted by Crippen LogP contribution is 2.32. The quantitative estimate of drug-likeness (QED) is 0.794. The molecular weight excluding hydrogens is 246 g/mol. The average molecular weight is 261 g/mol. The minimum Gasteiger partial charge on any atom is -0.493 e. The lowest BCUT2D eigenvalue weighted by Crippen LogP contribution is -2.05. The fraction of sp³-hybridized carbons (Fsp3) is 0.286. The molecule has 0 fully saturated rings. The Labute approximate surface area is 111 Å². The van der Waals surface area contributed by atoms with E-state index in [1.54, 1.807) is 26.4 Å². The summed E-state index contributed by atoms with van der Waals surface area (Å²) in [5, 5.41) is 0.908. The van der Waals surface area contributed by atoms with Crippen LogP contribution in [0.2, 0.25) is 0 Å². The highest BCUT2D eigenvalue weighted by atomic mass is 16.5. The van der Waals surface area contributed by atoms with E-state index in [9.17, 15) is 4.79 Å². The Morgan fingerprint density at radius 1 is 1.05 bits per heavy atom. The predicted molar refractivity (Wildman–Crippen MR) is 70.9 cm³/mol. The Morgan fingerprint density at radius 2 is 1.68 bits per heavy atom. The minimum absolute atomic E-state index is 0.278. The molecule has 0 spiro atoms. The zero-order chi connectivity index (χ0) is 14.0. The van der Waals surface area contributed by atoms with Crippen molar-refractivity contribution in [3.63, 3.8) is 0 Å². The number of carbonyl (C=O) groups excluding carboxylic acids is 1. The third kappa shape index (κ3) is 2.31. The largest absolute Gasteiger partial charge is 0.493 e. The second-order valence-corrected chi connectivity index (χ2v) is 4.04. The number of methoxy groups -OCH3 is 3. The Balaban J connectivity index is 2.70. The van der Waals surface area contributed by atoms with E-state index in [0.29, 0.717) is 17.0 Å². The fourth-order valence-electron chi connectivity index (χ4n) is 1.93. The van der Waals surface area contributed by atoms with Gasteiger partial charge < -0.3 is 14.2 Å². The standard InChI is InChI=1S/C14H15NO4/c1-8-5-11(14(16)19-4)15-10-7-13(18-3)12(17-2)6-9(8)10/h5-7H,1-4H3. The monoisotopic (exact) mass is 261 g/mol. The van der Waals surface area contributed by atoms with Crippen molar-refractivity contribution in [1.29, 1.82) is 0 Å². The van der Waals surface area contributed by atoms with E-state index in [1.165, 1.54) is 7.11 Å². The van der Waals surface area contributed by atoms with Gasteiger partial charge >= 0.3 is 5.97 Å². The maximum atomic E-state index is 11.5. The van der Waals surface area contributed by atoms with Crippen LogP contribution >= 0.6 is 0 Å².